The van der Waals surface area contributed by atoms with E-state index in [0.29, 0.717) is 24.6 Å². The van der Waals surface area contributed by atoms with Crippen LogP contribution in [-0.2, 0) is 21.4 Å². The van der Waals surface area contributed by atoms with Crippen LogP contribution < -0.4 is 9.64 Å². The van der Waals surface area contributed by atoms with Gasteiger partial charge >= 0.3 is 0 Å². The molecule has 1 aliphatic heterocycles. The first kappa shape index (κ1) is 22.0. The smallest absolute Gasteiger partial charge is 0.243 e. The molecular formula is C25H26N2O4S. The molecule has 4 rings (SSSR count). The molecule has 166 valence electrons. The lowest BCUT2D eigenvalue weighted by molar-refractivity contribution is -0.119. The summed E-state index contributed by atoms with van der Waals surface area (Å²) in [5.41, 5.74) is 3.49. The van der Waals surface area contributed by atoms with Gasteiger partial charge in [0.2, 0.25) is 15.9 Å². The van der Waals surface area contributed by atoms with Crippen LogP contribution in [-0.4, -0.2) is 38.3 Å². The van der Waals surface area contributed by atoms with Crippen LogP contribution in [0.15, 0.2) is 77.7 Å². The van der Waals surface area contributed by atoms with Gasteiger partial charge in [0.15, 0.2) is 0 Å². The topological polar surface area (TPSA) is 66.9 Å². The molecule has 0 unspecified atom stereocenters. The number of benzene rings is 3. The Kier molecular flexibility index (Phi) is 6.30. The zero-order chi connectivity index (χ0) is 22.7. The van der Waals surface area contributed by atoms with Gasteiger partial charge in [-0.3, -0.25) is 4.79 Å². The lowest BCUT2D eigenvalue weighted by Crippen LogP contribution is -2.45. The van der Waals surface area contributed by atoms with Crippen molar-refractivity contribution in [3.63, 3.8) is 0 Å². The molecule has 0 aliphatic carbocycles. The number of rotatable bonds is 6. The highest BCUT2D eigenvalue weighted by Crippen LogP contribution is 2.31. The average Bonchev–Trinajstić information content (AvgIpc) is 2.78. The molecule has 3 aromatic carbocycles. The maximum absolute atomic E-state index is 13.5. The summed E-state index contributed by atoms with van der Waals surface area (Å²) in [7, 11) is -3.89. The van der Waals surface area contributed by atoms with Gasteiger partial charge in [-0.25, -0.2) is 8.42 Å². The predicted molar refractivity (Wildman–Crippen MR) is 124 cm³/mol. The van der Waals surface area contributed by atoms with E-state index in [0.717, 1.165) is 16.7 Å². The Morgan fingerprint density at radius 3 is 2.47 bits per heavy atom. The van der Waals surface area contributed by atoms with Gasteiger partial charge in [0, 0.05) is 6.54 Å². The molecule has 1 heterocycles. The maximum atomic E-state index is 13.5. The van der Waals surface area contributed by atoms with Crippen LogP contribution in [0.5, 0.6) is 5.75 Å². The molecule has 7 heteroatoms. The molecule has 0 aromatic heterocycles. The molecule has 0 atom stereocenters. The fourth-order valence-electron chi connectivity index (χ4n) is 3.76. The van der Waals surface area contributed by atoms with Crippen molar-refractivity contribution in [1.82, 2.24) is 4.31 Å². The number of fused-ring (bicyclic) bond motifs is 1. The summed E-state index contributed by atoms with van der Waals surface area (Å²) in [5.74, 6) is 0.336. The highest BCUT2D eigenvalue weighted by Gasteiger charge is 2.31. The molecule has 1 amide bonds. The zero-order valence-corrected chi connectivity index (χ0v) is 19.0. The molecular weight excluding hydrogens is 424 g/mol. The van der Waals surface area contributed by atoms with Crippen molar-refractivity contribution in [2.24, 2.45) is 0 Å². The van der Waals surface area contributed by atoms with E-state index in [1.807, 2.05) is 62.4 Å². The van der Waals surface area contributed by atoms with Crippen LogP contribution in [0.3, 0.4) is 0 Å². The fourth-order valence-corrected chi connectivity index (χ4v) is 5.14. The Morgan fingerprint density at radius 1 is 0.969 bits per heavy atom. The Morgan fingerprint density at radius 2 is 1.72 bits per heavy atom. The molecule has 0 radical (unpaired) electrons. The molecule has 6 nitrogen and oxygen atoms in total. The first-order chi connectivity index (χ1) is 15.3. The molecule has 0 saturated carbocycles. The molecule has 0 bridgehead atoms. The van der Waals surface area contributed by atoms with Crippen molar-refractivity contribution in [3.8, 4) is 5.75 Å². The Balaban J connectivity index is 1.66. The monoisotopic (exact) mass is 450 g/mol. The number of carbonyl (C=O) groups excluding carboxylic acids is 1. The molecule has 0 spiro atoms. The van der Waals surface area contributed by atoms with E-state index in [2.05, 4.69) is 0 Å². The first-order valence-corrected chi connectivity index (χ1v) is 11.9. The van der Waals surface area contributed by atoms with Crippen molar-refractivity contribution in [3.05, 3.63) is 89.5 Å². The average molecular weight is 451 g/mol. The molecule has 1 aliphatic rings. The van der Waals surface area contributed by atoms with Crippen molar-refractivity contribution >= 4 is 21.6 Å². The summed E-state index contributed by atoms with van der Waals surface area (Å²) in [4.78, 5) is 15.1. The number of nitrogens with zero attached hydrogens (tertiary/aromatic N) is 2. The Labute approximate surface area is 189 Å². The van der Waals surface area contributed by atoms with Gasteiger partial charge in [-0.15, -0.1) is 0 Å². The first-order valence-electron chi connectivity index (χ1n) is 10.5. The predicted octanol–water partition coefficient (Wildman–Crippen LogP) is 3.92. The zero-order valence-electron chi connectivity index (χ0n) is 18.2. The molecule has 0 N–H and O–H groups in total. The number of para-hydroxylation sites is 2. The van der Waals surface area contributed by atoms with Crippen molar-refractivity contribution in [2.45, 2.75) is 25.3 Å². The number of hydrogen-bond acceptors (Lipinski definition) is 4. The highest BCUT2D eigenvalue weighted by atomic mass is 32.2. The van der Waals surface area contributed by atoms with Gasteiger partial charge in [-0.1, -0.05) is 59.7 Å². The van der Waals surface area contributed by atoms with Crippen molar-refractivity contribution in [2.75, 3.05) is 24.6 Å². The molecule has 3 aromatic rings. The summed E-state index contributed by atoms with van der Waals surface area (Å²) >= 11 is 0. The second-order valence-corrected chi connectivity index (χ2v) is 9.87. The summed E-state index contributed by atoms with van der Waals surface area (Å²) < 4.78 is 34.0. The summed E-state index contributed by atoms with van der Waals surface area (Å²) in [6.45, 7) is 4.44. The highest BCUT2D eigenvalue weighted by molar-refractivity contribution is 7.89. The Hall–Kier alpha value is -3.16. The molecule has 32 heavy (non-hydrogen) atoms. The van der Waals surface area contributed by atoms with Crippen molar-refractivity contribution < 1.29 is 17.9 Å². The minimum Gasteiger partial charge on any atom is -0.490 e. The van der Waals surface area contributed by atoms with Crippen LogP contribution in [0.4, 0.5) is 5.69 Å². The van der Waals surface area contributed by atoms with Gasteiger partial charge in [-0.05, 0) is 43.7 Å². The third-order valence-corrected chi connectivity index (χ3v) is 7.25. The second-order valence-electron chi connectivity index (χ2n) is 7.94. The molecule has 0 saturated heterocycles. The van der Waals surface area contributed by atoms with Crippen LogP contribution in [0.25, 0.3) is 0 Å². The number of anilines is 1. The summed E-state index contributed by atoms with van der Waals surface area (Å²) in [6, 6.07) is 21.7. The van der Waals surface area contributed by atoms with Crippen LogP contribution in [0.2, 0.25) is 0 Å². The van der Waals surface area contributed by atoms with Crippen LogP contribution >= 0.6 is 0 Å². The van der Waals surface area contributed by atoms with E-state index < -0.39 is 10.0 Å². The quantitative estimate of drug-likeness (QED) is 0.571. The van der Waals surface area contributed by atoms with Gasteiger partial charge in [0.05, 0.1) is 23.7 Å². The SMILES string of the molecule is Cc1ccc(S(=O)(=O)N(CC(=O)N2CCOc3ccccc32)Cc2cccc(C)c2)cc1. The van der Waals surface area contributed by atoms with E-state index in [-0.39, 0.29) is 23.9 Å². The minimum atomic E-state index is -3.89. The number of ether oxygens (including phenoxy) is 1. The minimum absolute atomic E-state index is 0.107. The van der Waals surface area contributed by atoms with Gasteiger partial charge in [0.1, 0.15) is 12.4 Å². The largest absolute Gasteiger partial charge is 0.490 e. The number of carbonyl (C=O) groups is 1. The lowest BCUT2D eigenvalue weighted by atomic mass is 10.1. The number of amides is 1. The number of aryl methyl sites for hydroxylation is 2. The van der Waals surface area contributed by atoms with E-state index in [9.17, 15) is 13.2 Å². The number of sulfonamides is 1. The van der Waals surface area contributed by atoms with E-state index in [4.69, 9.17) is 4.74 Å². The Bertz CT molecular complexity index is 1220. The second kappa shape index (κ2) is 9.14. The summed E-state index contributed by atoms with van der Waals surface area (Å²) in [6.07, 6.45) is 0. The van der Waals surface area contributed by atoms with Crippen LogP contribution in [0.1, 0.15) is 16.7 Å². The normalized spacial score (nSPS) is 13.5. The van der Waals surface area contributed by atoms with E-state index in [1.54, 1.807) is 29.2 Å². The number of hydrogen-bond donors (Lipinski definition) is 0. The summed E-state index contributed by atoms with van der Waals surface area (Å²) in [5, 5.41) is 0. The third kappa shape index (κ3) is 4.69. The van der Waals surface area contributed by atoms with E-state index >= 15 is 0 Å². The third-order valence-electron chi connectivity index (χ3n) is 5.44. The fraction of sp³-hybridized carbons (Fsp3) is 0.240. The van der Waals surface area contributed by atoms with Gasteiger partial charge in [-0.2, -0.15) is 4.31 Å². The lowest BCUT2D eigenvalue weighted by Gasteiger charge is -2.31. The van der Waals surface area contributed by atoms with Crippen molar-refractivity contribution in [1.29, 1.82) is 0 Å². The maximum Gasteiger partial charge on any atom is 0.243 e. The van der Waals surface area contributed by atoms with Gasteiger partial charge < -0.3 is 9.64 Å². The van der Waals surface area contributed by atoms with Gasteiger partial charge in [0.25, 0.3) is 0 Å². The van der Waals surface area contributed by atoms with Crippen LogP contribution in [0, 0.1) is 13.8 Å². The van der Waals surface area contributed by atoms with E-state index in [1.165, 1.54) is 4.31 Å². The molecule has 0 fully saturated rings. The standard InChI is InChI=1S/C25H26N2O4S/c1-19-10-12-22(13-11-19)32(29,30)26(17-21-7-5-6-20(2)16-21)18-25(28)27-14-15-31-24-9-4-3-8-23(24)27/h3-13,16H,14-15,17-18H2,1-2H3.